The summed E-state index contributed by atoms with van der Waals surface area (Å²) in [6.45, 7) is 0.526. The van der Waals surface area contributed by atoms with Crippen LogP contribution >= 0.6 is 0 Å². The summed E-state index contributed by atoms with van der Waals surface area (Å²) in [7, 11) is -4.21. The minimum Gasteiger partial charge on any atom is -0.487 e. The third-order valence-corrected chi connectivity index (χ3v) is 7.58. The number of carbonyl (C=O) groups is 1. The second kappa shape index (κ2) is 11.8. The molecule has 3 aromatic carbocycles. The van der Waals surface area contributed by atoms with Gasteiger partial charge in [0.05, 0.1) is 16.7 Å². The molecule has 0 saturated carbocycles. The van der Waals surface area contributed by atoms with Gasteiger partial charge in [-0.1, -0.05) is 66.7 Å². The molecule has 40 heavy (non-hydrogen) atoms. The molecule has 1 amide bonds. The first-order valence-electron chi connectivity index (χ1n) is 12.3. The van der Waals surface area contributed by atoms with Gasteiger partial charge in [0, 0.05) is 11.9 Å². The van der Waals surface area contributed by atoms with Crippen molar-refractivity contribution < 1.29 is 32.2 Å². The average Bonchev–Trinajstić information content (AvgIpc) is 3.37. The topological polar surface area (TPSA) is 148 Å². The summed E-state index contributed by atoms with van der Waals surface area (Å²) in [4.78, 5) is 17.0. The normalized spacial score (nSPS) is 11.3. The van der Waals surface area contributed by atoms with Crippen LogP contribution in [0.4, 0.5) is 0 Å². The molecule has 5 rings (SSSR count). The zero-order chi connectivity index (χ0) is 28.0. The van der Waals surface area contributed by atoms with Crippen LogP contribution in [0.25, 0.3) is 10.9 Å². The lowest BCUT2D eigenvalue weighted by Crippen LogP contribution is -2.31. The fraction of sp³-hybridized carbons (Fsp3) is 0.143. The number of benzene rings is 3. The first-order chi connectivity index (χ1) is 19.4. The van der Waals surface area contributed by atoms with E-state index in [0.717, 1.165) is 10.9 Å². The molecular weight excluding hydrogens is 536 g/mol. The van der Waals surface area contributed by atoms with E-state index in [2.05, 4.69) is 20.1 Å². The van der Waals surface area contributed by atoms with Gasteiger partial charge in [-0.2, -0.15) is 0 Å². The van der Waals surface area contributed by atoms with E-state index in [1.807, 2.05) is 42.5 Å². The minimum atomic E-state index is -4.21. The van der Waals surface area contributed by atoms with Crippen molar-refractivity contribution in [1.82, 2.24) is 15.5 Å². The molecule has 11 nitrogen and oxygen atoms in total. The molecule has 2 aromatic heterocycles. The molecule has 0 saturated heterocycles. The zero-order valence-corrected chi connectivity index (χ0v) is 21.9. The van der Waals surface area contributed by atoms with Crippen molar-refractivity contribution in [3.8, 4) is 11.6 Å². The van der Waals surface area contributed by atoms with Crippen LogP contribution in [0.1, 0.15) is 22.5 Å². The van der Waals surface area contributed by atoms with Crippen LogP contribution in [0.15, 0.2) is 106 Å². The minimum absolute atomic E-state index is 0.0350. The van der Waals surface area contributed by atoms with Crippen LogP contribution < -0.4 is 19.7 Å². The second-order valence-corrected chi connectivity index (χ2v) is 10.5. The van der Waals surface area contributed by atoms with Crippen LogP contribution in [-0.2, 0) is 16.4 Å². The summed E-state index contributed by atoms with van der Waals surface area (Å²) in [6.07, 6.45) is 0.293. The van der Waals surface area contributed by atoms with Gasteiger partial charge in [0.15, 0.2) is 0 Å². The molecule has 204 valence electrons. The summed E-state index contributed by atoms with van der Waals surface area (Å²) in [6, 6.07) is 26.1. The van der Waals surface area contributed by atoms with Crippen LogP contribution in [0.2, 0.25) is 0 Å². The Morgan fingerprint density at radius 3 is 2.45 bits per heavy atom. The van der Waals surface area contributed by atoms with Crippen LogP contribution in [-0.4, -0.2) is 37.6 Å². The zero-order valence-electron chi connectivity index (χ0n) is 21.1. The first kappa shape index (κ1) is 26.6. The Kier molecular flexibility index (Phi) is 7.87. The fourth-order valence-corrected chi connectivity index (χ4v) is 5.17. The number of hydrogen-bond acceptors (Lipinski definition) is 9. The molecule has 0 aliphatic rings. The third-order valence-electron chi connectivity index (χ3n) is 5.85. The van der Waals surface area contributed by atoms with E-state index in [-0.39, 0.29) is 28.6 Å². The van der Waals surface area contributed by atoms with Crippen molar-refractivity contribution in [3.05, 3.63) is 107 Å². The Balaban J connectivity index is 1.18. The van der Waals surface area contributed by atoms with E-state index in [1.54, 1.807) is 24.3 Å². The van der Waals surface area contributed by atoms with Crippen molar-refractivity contribution in [2.75, 3.05) is 13.2 Å². The van der Waals surface area contributed by atoms with Gasteiger partial charge in [-0.05, 0) is 41.2 Å². The number of ether oxygens (including phenoxy) is 2. The van der Waals surface area contributed by atoms with Gasteiger partial charge in [0.2, 0.25) is 0 Å². The molecule has 0 unspecified atom stereocenters. The molecule has 0 atom stereocenters. The largest absolute Gasteiger partial charge is 0.487 e. The van der Waals surface area contributed by atoms with Gasteiger partial charge >= 0.3 is 10.9 Å². The monoisotopic (exact) mass is 560 g/mol. The molecule has 5 aromatic rings. The smallest absolute Gasteiger partial charge is 0.414 e. The summed E-state index contributed by atoms with van der Waals surface area (Å²) in [5.74, 6) is -0.288. The summed E-state index contributed by atoms with van der Waals surface area (Å²) in [5.41, 5.74) is 1.79. The number of carbonyl (C=O) groups excluding carboxylic acids is 1. The number of aromatic nitrogens is 3. The van der Waals surface area contributed by atoms with E-state index in [9.17, 15) is 18.4 Å². The van der Waals surface area contributed by atoms with Gasteiger partial charge in [-0.15, -0.1) is 0 Å². The molecule has 0 fully saturated rings. The molecule has 0 aliphatic carbocycles. The number of para-hydroxylation sites is 1. The van der Waals surface area contributed by atoms with Gasteiger partial charge in [0.1, 0.15) is 23.6 Å². The Bertz CT molecular complexity index is 1730. The van der Waals surface area contributed by atoms with Gasteiger partial charge in [-0.25, -0.2) is 13.4 Å². The standard InChI is InChI=1S/C28H24N4O7S/c33-26(23-16-15-21-11-7-14-24(25(21)30-23)38-19-20-9-3-1-4-10-20)29-17-8-18-37-27-28(32(34)39-31-27)40(35,36)22-12-5-2-6-13-22/h1-7,9-16H,8,17-19H2,(H,29,33). The van der Waals surface area contributed by atoms with E-state index in [1.165, 1.54) is 24.3 Å². The maximum Gasteiger partial charge on any atom is 0.414 e. The highest BCUT2D eigenvalue weighted by molar-refractivity contribution is 7.91. The highest BCUT2D eigenvalue weighted by atomic mass is 32.2. The maximum atomic E-state index is 12.8. The predicted molar refractivity (Wildman–Crippen MR) is 142 cm³/mol. The second-order valence-electron chi connectivity index (χ2n) is 8.61. The summed E-state index contributed by atoms with van der Waals surface area (Å²) < 4.78 is 41.5. The van der Waals surface area contributed by atoms with Crippen LogP contribution in [0.3, 0.4) is 0 Å². The molecule has 0 aliphatic heterocycles. The summed E-state index contributed by atoms with van der Waals surface area (Å²) in [5, 5.41) is 18.2. The van der Waals surface area contributed by atoms with Crippen molar-refractivity contribution >= 4 is 26.6 Å². The van der Waals surface area contributed by atoms with Gasteiger partial charge < -0.3 is 20.0 Å². The first-order valence-corrected chi connectivity index (χ1v) is 13.8. The predicted octanol–water partition coefficient (Wildman–Crippen LogP) is 3.47. The van der Waals surface area contributed by atoms with Gasteiger partial charge in [-0.3, -0.25) is 9.42 Å². The SMILES string of the molecule is O=C(NCCCOc1no[n+]([O-])c1S(=O)(=O)c1ccccc1)c1ccc2cccc(OCc3ccccc3)c2n1. The van der Waals surface area contributed by atoms with E-state index in [0.29, 0.717) is 24.3 Å². The maximum absolute atomic E-state index is 12.8. The number of amides is 1. The number of pyridine rings is 1. The van der Waals surface area contributed by atoms with Crippen LogP contribution in [0.5, 0.6) is 11.6 Å². The fourth-order valence-electron chi connectivity index (χ4n) is 3.87. The number of hydrogen-bond donors (Lipinski definition) is 1. The lowest BCUT2D eigenvalue weighted by molar-refractivity contribution is -0.832. The van der Waals surface area contributed by atoms with E-state index < -0.39 is 26.7 Å². The molecule has 0 bridgehead atoms. The Morgan fingerprint density at radius 2 is 1.68 bits per heavy atom. The number of sulfone groups is 1. The molecule has 1 N–H and O–H groups in total. The highest BCUT2D eigenvalue weighted by Gasteiger charge is 2.35. The Hall–Kier alpha value is -4.97. The Labute approximate surface area is 229 Å². The number of fused-ring (bicyclic) bond motifs is 1. The van der Waals surface area contributed by atoms with Crippen molar-refractivity contribution in [3.63, 3.8) is 0 Å². The number of rotatable bonds is 11. The van der Waals surface area contributed by atoms with Crippen LogP contribution in [0, 0.1) is 5.21 Å². The molecule has 12 heteroatoms. The van der Waals surface area contributed by atoms with Gasteiger partial charge in [0.25, 0.3) is 15.7 Å². The van der Waals surface area contributed by atoms with E-state index in [4.69, 9.17) is 9.47 Å². The van der Waals surface area contributed by atoms with Crippen molar-refractivity contribution in [2.24, 2.45) is 0 Å². The average molecular weight is 561 g/mol. The van der Waals surface area contributed by atoms with E-state index >= 15 is 0 Å². The lowest BCUT2D eigenvalue weighted by Gasteiger charge is -2.10. The van der Waals surface area contributed by atoms with Crippen molar-refractivity contribution in [2.45, 2.75) is 22.9 Å². The van der Waals surface area contributed by atoms with Crippen molar-refractivity contribution in [1.29, 1.82) is 0 Å². The highest BCUT2D eigenvalue weighted by Crippen LogP contribution is 2.26. The Morgan fingerprint density at radius 1 is 0.925 bits per heavy atom. The molecule has 0 radical (unpaired) electrons. The third kappa shape index (κ3) is 5.86. The number of nitrogens with zero attached hydrogens (tertiary/aromatic N) is 3. The molecule has 0 spiro atoms. The molecule has 2 heterocycles. The lowest BCUT2D eigenvalue weighted by atomic mass is 10.2. The quantitative estimate of drug-likeness (QED) is 0.189. The summed E-state index contributed by atoms with van der Waals surface area (Å²) >= 11 is 0. The molecular formula is C28H24N4O7S. The number of nitrogens with one attached hydrogen (secondary N) is 1.